The van der Waals surface area contributed by atoms with Crippen molar-refractivity contribution in [2.75, 3.05) is 0 Å². The first-order valence-corrected chi connectivity index (χ1v) is 5.74. The number of thiophene rings is 1. The Balaban J connectivity index is 2.39. The van der Waals surface area contributed by atoms with Crippen molar-refractivity contribution in [3.05, 3.63) is 44.5 Å². The lowest BCUT2D eigenvalue weighted by Crippen LogP contribution is -2.28. The number of hydrogen-bond donors (Lipinski definition) is 2. The summed E-state index contributed by atoms with van der Waals surface area (Å²) in [5.74, 6) is 6.17. The Morgan fingerprint density at radius 3 is 2.73 bits per heavy atom. The van der Waals surface area contributed by atoms with Gasteiger partial charge in [0.25, 0.3) is 0 Å². The molecule has 0 radical (unpaired) electrons. The number of halogens is 2. The molecule has 0 aliphatic rings. The van der Waals surface area contributed by atoms with E-state index in [9.17, 15) is 0 Å². The first-order chi connectivity index (χ1) is 7.22. The Labute approximate surface area is 101 Å². The lowest BCUT2D eigenvalue weighted by atomic mass is 10.1. The summed E-state index contributed by atoms with van der Waals surface area (Å²) < 4.78 is 6.50. The van der Waals surface area contributed by atoms with Crippen LogP contribution in [-0.2, 0) is 0 Å². The van der Waals surface area contributed by atoms with Gasteiger partial charge in [-0.2, -0.15) is 0 Å². The van der Waals surface area contributed by atoms with Gasteiger partial charge in [-0.1, -0.05) is 23.2 Å². The molecule has 2 aromatic heterocycles. The van der Waals surface area contributed by atoms with Gasteiger partial charge in [0.1, 0.15) is 11.8 Å². The molecule has 1 atom stereocenters. The predicted octanol–water partition coefficient (Wildman–Crippen LogP) is 3.20. The number of nitrogens with one attached hydrogen (secondary N) is 1. The van der Waals surface area contributed by atoms with E-state index in [1.807, 2.05) is 6.07 Å². The molecule has 3 nitrogen and oxygen atoms in total. The minimum absolute atomic E-state index is 0.267. The van der Waals surface area contributed by atoms with Crippen LogP contribution in [0, 0.1) is 0 Å². The molecular formula is C9H8Cl2N2OS. The maximum Gasteiger partial charge on any atom is 0.126 e. The fourth-order valence-electron chi connectivity index (χ4n) is 1.33. The van der Waals surface area contributed by atoms with Gasteiger partial charge in [-0.05, 0) is 18.2 Å². The van der Waals surface area contributed by atoms with E-state index >= 15 is 0 Å². The molecule has 80 valence electrons. The molecule has 0 fully saturated rings. The second-order valence-electron chi connectivity index (χ2n) is 2.89. The molecule has 0 saturated carbocycles. The third-order valence-corrected chi connectivity index (χ3v) is 3.51. The largest absolute Gasteiger partial charge is 0.467 e. The third-order valence-electron chi connectivity index (χ3n) is 1.99. The summed E-state index contributed by atoms with van der Waals surface area (Å²) in [7, 11) is 0. The molecular weight excluding hydrogens is 255 g/mol. The topological polar surface area (TPSA) is 51.2 Å². The maximum atomic E-state index is 6.03. The summed E-state index contributed by atoms with van der Waals surface area (Å²) >= 11 is 13.2. The van der Waals surface area contributed by atoms with Gasteiger partial charge in [-0.15, -0.1) is 11.3 Å². The summed E-state index contributed by atoms with van der Waals surface area (Å²) in [5.41, 5.74) is 3.47. The number of nitrogens with two attached hydrogens (primary N) is 1. The van der Waals surface area contributed by atoms with E-state index in [4.69, 9.17) is 33.5 Å². The van der Waals surface area contributed by atoms with Crippen molar-refractivity contribution in [2.45, 2.75) is 6.04 Å². The summed E-state index contributed by atoms with van der Waals surface area (Å²) in [6.45, 7) is 0. The monoisotopic (exact) mass is 262 g/mol. The van der Waals surface area contributed by atoms with Gasteiger partial charge in [-0.3, -0.25) is 5.84 Å². The standard InChI is InChI=1S/C9H8Cl2N2OS/c10-7-4-5(9(11)15-7)8(13-12)6-2-1-3-14-6/h1-4,8,13H,12H2. The zero-order chi connectivity index (χ0) is 10.8. The summed E-state index contributed by atoms with van der Waals surface area (Å²) in [4.78, 5) is 0. The average Bonchev–Trinajstić information content (AvgIpc) is 2.79. The Morgan fingerprint density at radius 2 is 2.27 bits per heavy atom. The zero-order valence-corrected chi connectivity index (χ0v) is 9.86. The van der Waals surface area contributed by atoms with Crippen LogP contribution in [-0.4, -0.2) is 0 Å². The van der Waals surface area contributed by atoms with Crippen LogP contribution in [0.1, 0.15) is 17.4 Å². The third kappa shape index (κ3) is 2.19. The number of hydrazine groups is 1. The van der Waals surface area contributed by atoms with Crippen LogP contribution in [0.3, 0.4) is 0 Å². The fourth-order valence-corrected chi connectivity index (χ4v) is 2.86. The second-order valence-corrected chi connectivity index (χ2v) is 5.18. The van der Waals surface area contributed by atoms with Gasteiger partial charge in [0.2, 0.25) is 0 Å². The predicted molar refractivity (Wildman–Crippen MR) is 62.2 cm³/mol. The molecule has 0 amide bonds. The van der Waals surface area contributed by atoms with Gasteiger partial charge in [-0.25, -0.2) is 5.43 Å². The van der Waals surface area contributed by atoms with Crippen LogP contribution >= 0.6 is 34.5 Å². The molecule has 0 saturated heterocycles. The average molecular weight is 263 g/mol. The van der Waals surface area contributed by atoms with Crippen molar-refractivity contribution < 1.29 is 4.42 Å². The molecule has 0 aliphatic carbocycles. The van der Waals surface area contributed by atoms with Gasteiger partial charge >= 0.3 is 0 Å². The number of furan rings is 1. The van der Waals surface area contributed by atoms with Gasteiger partial charge in [0, 0.05) is 5.56 Å². The van der Waals surface area contributed by atoms with Crippen molar-refractivity contribution in [1.29, 1.82) is 0 Å². The Kier molecular flexibility index (Phi) is 3.33. The van der Waals surface area contributed by atoms with Gasteiger partial charge in [0.15, 0.2) is 0 Å². The number of rotatable bonds is 3. The molecule has 6 heteroatoms. The Morgan fingerprint density at radius 1 is 1.47 bits per heavy atom. The lowest BCUT2D eigenvalue weighted by Gasteiger charge is -2.11. The second kappa shape index (κ2) is 4.55. The van der Waals surface area contributed by atoms with Crippen LogP contribution in [0.25, 0.3) is 0 Å². The molecule has 15 heavy (non-hydrogen) atoms. The molecule has 3 N–H and O–H groups in total. The quantitative estimate of drug-likeness (QED) is 0.660. The highest BCUT2D eigenvalue weighted by Crippen LogP contribution is 2.37. The lowest BCUT2D eigenvalue weighted by molar-refractivity contribution is 0.453. The Hall–Kier alpha value is -0.520. The highest BCUT2D eigenvalue weighted by Gasteiger charge is 2.20. The first kappa shape index (κ1) is 11.0. The van der Waals surface area contributed by atoms with Crippen molar-refractivity contribution in [1.82, 2.24) is 5.43 Å². The molecule has 0 aliphatic heterocycles. The normalized spacial score (nSPS) is 13.0. The number of hydrogen-bond acceptors (Lipinski definition) is 4. The van der Waals surface area contributed by atoms with E-state index in [1.54, 1.807) is 18.4 Å². The van der Waals surface area contributed by atoms with Crippen LogP contribution < -0.4 is 11.3 Å². The highest BCUT2D eigenvalue weighted by atomic mass is 35.5. The highest BCUT2D eigenvalue weighted by molar-refractivity contribution is 7.20. The summed E-state index contributed by atoms with van der Waals surface area (Å²) in [6, 6.07) is 5.13. The molecule has 2 rings (SSSR count). The molecule has 0 spiro atoms. The van der Waals surface area contributed by atoms with Crippen LogP contribution in [0.4, 0.5) is 0 Å². The summed E-state index contributed by atoms with van der Waals surface area (Å²) in [5, 5.41) is 0. The first-order valence-electron chi connectivity index (χ1n) is 4.16. The van der Waals surface area contributed by atoms with Crippen LogP contribution in [0.5, 0.6) is 0 Å². The zero-order valence-electron chi connectivity index (χ0n) is 7.54. The van der Waals surface area contributed by atoms with E-state index in [2.05, 4.69) is 5.43 Å². The smallest absolute Gasteiger partial charge is 0.126 e. The van der Waals surface area contributed by atoms with E-state index in [0.29, 0.717) is 14.4 Å². The SMILES string of the molecule is NNC(c1ccco1)c1cc(Cl)sc1Cl. The van der Waals surface area contributed by atoms with E-state index in [0.717, 1.165) is 5.56 Å². The van der Waals surface area contributed by atoms with Crippen molar-refractivity contribution in [2.24, 2.45) is 5.84 Å². The molecule has 2 heterocycles. The fraction of sp³-hybridized carbons (Fsp3) is 0.111. The Bertz CT molecular complexity index is 441. The van der Waals surface area contributed by atoms with E-state index < -0.39 is 0 Å². The van der Waals surface area contributed by atoms with Gasteiger partial charge < -0.3 is 4.42 Å². The minimum atomic E-state index is -0.267. The van der Waals surface area contributed by atoms with E-state index in [1.165, 1.54) is 11.3 Å². The molecule has 1 unspecified atom stereocenters. The van der Waals surface area contributed by atoms with E-state index in [-0.39, 0.29) is 6.04 Å². The van der Waals surface area contributed by atoms with Crippen LogP contribution in [0.2, 0.25) is 8.67 Å². The van der Waals surface area contributed by atoms with Crippen molar-refractivity contribution in [3.8, 4) is 0 Å². The molecule has 0 aromatic carbocycles. The van der Waals surface area contributed by atoms with Crippen molar-refractivity contribution in [3.63, 3.8) is 0 Å². The minimum Gasteiger partial charge on any atom is -0.467 e. The molecule has 0 bridgehead atoms. The molecule has 2 aromatic rings. The summed E-state index contributed by atoms with van der Waals surface area (Å²) in [6.07, 6.45) is 1.58. The van der Waals surface area contributed by atoms with Crippen molar-refractivity contribution >= 4 is 34.5 Å². The van der Waals surface area contributed by atoms with Crippen LogP contribution in [0.15, 0.2) is 28.9 Å². The van der Waals surface area contributed by atoms with Gasteiger partial charge in [0.05, 0.1) is 14.9 Å². The maximum absolute atomic E-state index is 6.03.